The number of imidazole rings is 1. The van der Waals surface area contributed by atoms with Gasteiger partial charge in [-0.3, -0.25) is 0 Å². The zero-order chi connectivity index (χ0) is 15.3. The summed E-state index contributed by atoms with van der Waals surface area (Å²) in [6.07, 6.45) is 7.44. The first-order chi connectivity index (χ1) is 10.5. The fraction of sp³-hybridized carbons (Fsp3) is 0.200. The van der Waals surface area contributed by atoms with Crippen molar-refractivity contribution in [2.24, 2.45) is 11.4 Å². The van der Waals surface area contributed by atoms with Crippen molar-refractivity contribution in [2.75, 3.05) is 12.3 Å². The van der Waals surface area contributed by atoms with Crippen molar-refractivity contribution in [1.82, 2.24) is 14.5 Å². The van der Waals surface area contributed by atoms with Crippen LogP contribution in [0.15, 0.2) is 47.3 Å². The van der Waals surface area contributed by atoms with Gasteiger partial charge in [0.25, 0.3) is 10.0 Å². The van der Waals surface area contributed by atoms with Crippen LogP contribution in [0.4, 0.5) is 0 Å². The van der Waals surface area contributed by atoms with E-state index in [0.717, 1.165) is 22.2 Å². The van der Waals surface area contributed by atoms with E-state index >= 15 is 0 Å². The molecule has 1 aromatic heterocycles. The molecule has 0 radical (unpaired) electrons. The molecule has 0 atom stereocenters. The molecule has 0 aliphatic carbocycles. The number of rotatable bonds is 1. The minimum atomic E-state index is -3.38. The van der Waals surface area contributed by atoms with Crippen molar-refractivity contribution in [3.8, 4) is 0 Å². The number of benzene rings is 1. The van der Waals surface area contributed by atoms with Gasteiger partial charge in [-0.15, -0.1) is 4.40 Å². The zero-order valence-electron chi connectivity index (χ0n) is 12.0. The van der Waals surface area contributed by atoms with Crippen LogP contribution < -0.4 is 0 Å². The number of amidine groups is 1. The molecule has 0 fully saturated rings. The summed E-state index contributed by atoms with van der Waals surface area (Å²) in [7, 11) is -1.45. The van der Waals surface area contributed by atoms with E-state index in [1.54, 1.807) is 6.33 Å². The molecule has 0 bridgehead atoms. The van der Waals surface area contributed by atoms with Gasteiger partial charge in [-0.05, 0) is 29.8 Å². The quantitative estimate of drug-likeness (QED) is 0.800. The molecule has 22 heavy (non-hydrogen) atoms. The second-order valence-electron chi connectivity index (χ2n) is 5.38. The van der Waals surface area contributed by atoms with E-state index in [1.807, 2.05) is 53.1 Å². The average Bonchev–Trinajstić information content (AvgIpc) is 2.87. The molecule has 0 spiro atoms. The van der Waals surface area contributed by atoms with Gasteiger partial charge >= 0.3 is 0 Å². The maximum atomic E-state index is 11.8. The molecule has 0 N–H and O–H groups in total. The maximum absolute atomic E-state index is 11.8. The lowest BCUT2D eigenvalue weighted by atomic mass is 10.0. The van der Waals surface area contributed by atoms with E-state index in [1.165, 1.54) is 0 Å². The Bertz CT molecular complexity index is 967. The van der Waals surface area contributed by atoms with E-state index in [9.17, 15) is 8.42 Å². The average molecular weight is 314 g/mol. The number of aromatic nitrogens is 2. The van der Waals surface area contributed by atoms with Crippen LogP contribution in [-0.2, 0) is 17.1 Å². The molecule has 4 rings (SSSR count). The van der Waals surface area contributed by atoms with Crippen LogP contribution in [0, 0.1) is 0 Å². The van der Waals surface area contributed by atoms with Gasteiger partial charge < -0.3 is 9.47 Å². The molecule has 7 heteroatoms. The van der Waals surface area contributed by atoms with Crippen molar-refractivity contribution < 1.29 is 8.42 Å². The number of hydrogen-bond acceptors (Lipinski definition) is 4. The number of hydrogen-bond donors (Lipinski definition) is 0. The van der Waals surface area contributed by atoms with Crippen LogP contribution in [0.25, 0.3) is 16.6 Å². The topological polar surface area (TPSA) is 67.6 Å². The summed E-state index contributed by atoms with van der Waals surface area (Å²) in [4.78, 5) is 6.18. The summed E-state index contributed by atoms with van der Waals surface area (Å²) in [5, 5.41) is 0. The molecule has 0 unspecified atom stereocenters. The van der Waals surface area contributed by atoms with Crippen LogP contribution in [0.1, 0.15) is 5.56 Å². The molecule has 1 aromatic carbocycles. The Hall–Kier alpha value is -2.41. The van der Waals surface area contributed by atoms with Crippen LogP contribution in [0.5, 0.6) is 0 Å². The molecular weight excluding hydrogens is 300 g/mol. The highest BCUT2D eigenvalue weighted by Crippen LogP contribution is 2.27. The molecule has 3 heterocycles. The van der Waals surface area contributed by atoms with E-state index < -0.39 is 10.0 Å². The second kappa shape index (κ2) is 4.54. The molecule has 2 aliphatic rings. The molecule has 6 nitrogen and oxygen atoms in total. The predicted molar refractivity (Wildman–Crippen MR) is 85.8 cm³/mol. The van der Waals surface area contributed by atoms with Crippen molar-refractivity contribution in [3.63, 3.8) is 0 Å². The largest absolute Gasteiger partial charge is 0.334 e. The summed E-state index contributed by atoms with van der Waals surface area (Å²) in [6.45, 7) is 0.433. The lowest BCUT2D eigenvalue weighted by Crippen LogP contribution is -2.37. The van der Waals surface area contributed by atoms with Crippen LogP contribution in [-0.4, -0.2) is 41.0 Å². The standard InChI is InChI=1S/C15H14N4O2S/c1-18-10-16-13-5-4-11(9-14(13)18)12-3-2-6-19-7-8-22(20,21)17-15(12)19/h2-6,9-10H,7-8H2,1H3. The minimum absolute atomic E-state index is 0.0505. The van der Waals surface area contributed by atoms with Crippen molar-refractivity contribution in [2.45, 2.75) is 0 Å². The molecular formula is C15H14N4O2S. The molecule has 0 saturated carbocycles. The Labute approximate surface area is 128 Å². The van der Waals surface area contributed by atoms with Gasteiger partial charge in [0.2, 0.25) is 0 Å². The fourth-order valence-electron chi connectivity index (χ4n) is 2.74. The van der Waals surface area contributed by atoms with Crippen molar-refractivity contribution >= 4 is 32.5 Å². The van der Waals surface area contributed by atoms with Gasteiger partial charge in [-0.25, -0.2) is 13.4 Å². The van der Waals surface area contributed by atoms with E-state index in [-0.39, 0.29) is 5.75 Å². The van der Waals surface area contributed by atoms with E-state index in [2.05, 4.69) is 9.38 Å². The van der Waals surface area contributed by atoms with Gasteiger partial charge in [0, 0.05) is 25.4 Å². The number of nitrogens with zero attached hydrogens (tertiary/aromatic N) is 4. The summed E-state index contributed by atoms with van der Waals surface area (Å²) in [6, 6.07) is 5.89. The Morgan fingerprint density at radius 3 is 3.00 bits per heavy atom. The maximum Gasteiger partial charge on any atom is 0.256 e. The number of sulfonamides is 1. The Morgan fingerprint density at radius 1 is 1.27 bits per heavy atom. The summed E-state index contributed by atoms with van der Waals surface area (Å²) >= 11 is 0. The van der Waals surface area contributed by atoms with Gasteiger partial charge in [0.15, 0.2) is 5.84 Å². The minimum Gasteiger partial charge on any atom is -0.334 e. The fourth-order valence-corrected chi connectivity index (χ4v) is 3.72. The van der Waals surface area contributed by atoms with Crippen molar-refractivity contribution in [1.29, 1.82) is 0 Å². The molecule has 0 amide bonds. The first-order valence-electron chi connectivity index (χ1n) is 6.93. The van der Waals surface area contributed by atoms with Crippen molar-refractivity contribution in [3.05, 3.63) is 48.4 Å². The predicted octanol–water partition coefficient (Wildman–Crippen LogP) is 1.53. The highest BCUT2D eigenvalue weighted by molar-refractivity contribution is 7.90. The van der Waals surface area contributed by atoms with Gasteiger partial charge in [0.1, 0.15) is 0 Å². The van der Waals surface area contributed by atoms with E-state index in [4.69, 9.17) is 0 Å². The first kappa shape index (κ1) is 13.3. The van der Waals surface area contributed by atoms with Crippen LogP contribution in [0.3, 0.4) is 0 Å². The third-order valence-electron chi connectivity index (χ3n) is 3.89. The summed E-state index contributed by atoms with van der Waals surface area (Å²) < 4.78 is 29.6. The van der Waals surface area contributed by atoms with Crippen LogP contribution in [0.2, 0.25) is 0 Å². The molecule has 112 valence electrons. The summed E-state index contributed by atoms with van der Waals surface area (Å²) in [5.41, 5.74) is 3.65. The zero-order valence-corrected chi connectivity index (χ0v) is 12.8. The highest BCUT2D eigenvalue weighted by Gasteiger charge is 2.27. The third kappa shape index (κ3) is 2.05. The highest BCUT2D eigenvalue weighted by atomic mass is 32.2. The lowest BCUT2D eigenvalue weighted by Gasteiger charge is -2.29. The van der Waals surface area contributed by atoms with Gasteiger partial charge in [-0.2, -0.15) is 0 Å². The Balaban J connectivity index is 1.89. The normalized spacial score (nSPS) is 19.8. The monoisotopic (exact) mass is 314 g/mol. The SMILES string of the molecule is Cn1cnc2ccc(C3=CC=CN4CCS(=O)(=O)N=C34)cc21. The Kier molecular flexibility index (Phi) is 2.74. The molecule has 0 saturated heterocycles. The first-order valence-corrected chi connectivity index (χ1v) is 8.54. The lowest BCUT2D eigenvalue weighted by molar-refractivity contribution is 0.550. The van der Waals surface area contributed by atoms with Crippen LogP contribution >= 0.6 is 0 Å². The number of fused-ring (bicyclic) bond motifs is 2. The van der Waals surface area contributed by atoms with Gasteiger partial charge in [0.05, 0.1) is 23.1 Å². The van der Waals surface area contributed by atoms with Gasteiger partial charge in [-0.1, -0.05) is 6.07 Å². The third-order valence-corrected chi connectivity index (χ3v) is 5.04. The molecule has 2 aromatic rings. The smallest absolute Gasteiger partial charge is 0.256 e. The van der Waals surface area contributed by atoms with E-state index in [0.29, 0.717) is 12.4 Å². The number of aryl methyl sites for hydroxylation is 1. The Morgan fingerprint density at radius 2 is 2.14 bits per heavy atom. The molecule has 2 aliphatic heterocycles. The second-order valence-corrected chi connectivity index (χ2v) is 7.13. The number of allylic oxidation sites excluding steroid dienone is 2. The summed E-state index contributed by atoms with van der Waals surface area (Å²) in [5.74, 6) is 0.546.